The van der Waals surface area contributed by atoms with Crippen molar-refractivity contribution in [2.24, 2.45) is 5.92 Å². The van der Waals surface area contributed by atoms with Crippen LogP contribution in [0, 0.1) is 5.92 Å². The molecule has 0 bridgehead atoms. The van der Waals surface area contributed by atoms with E-state index in [4.69, 9.17) is 4.74 Å². The van der Waals surface area contributed by atoms with Gasteiger partial charge in [-0.1, -0.05) is 13.8 Å². The van der Waals surface area contributed by atoms with Gasteiger partial charge in [-0.15, -0.1) is 11.3 Å². The predicted octanol–water partition coefficient (Wildman–Crippen LogP) is 1.73. The lowest BCUT2D eigenvalue weighted by molar-refractivity contribution is 0.122. The molecule has 0 amide bonds. The summed E-state index contributed by atoms with van der Waals surface area (Å²) in [5.74, 6) is 0.696. The van der Waals surface area contributed by atoms with Crippen molar-refractivity contribution in [1.82, 2.24) is 10.3 Å². The minimum Gasteiger partial charge on any atom is -0.378 e. The Morgan fingerprint density at radius 1 is 1.47 bits per heavy atom. The summed E-state index contributed by atoms with van der Waals surface area (Å²) >= 11 is 1.79. The summed E-state index contributed by atoms with van der Waals surface area (Å²) < 4.78 is 5.34. The quantitative estimate of drug-likeness (QED) is 0.869. The normalized spacial score (nSPS) is 16.8. The number of ether oxygens (including phenoxy) is 1. The van der Waals surface area contributed by atoms with Crippen molar-refractivity contribution in [3.63, 3.8) is 0 Å². The topological polar surface area (TPSA) is 37.4 Å². The molecule has 2 rings (SSSR count). The van der Waals surface area contributed by atoms with Gasteiger partial charge in [0.15, 0.2) is 5.13 Å². The van der Waals surface area contributed by atoms with Crippen LogP contribution in [0.4, 0.5) is 5.13 Å². The van der Waals surface area contributed by atoms with E-state index in [-0.39, 0.29) is 0 Å². The van der Waals surface area contributed by atoms with Gasteiger partial charge in [0.1, 0.15) is 0 Å². The molecule has 0 atom stereocenters. The fraction of sp³-hybridized carbons (Fsp3) is 0.750. The fourth-order valence-corrected chi connectivity index (χ4v) is 2.70. The molecular formula is C12H21N3OS. The summed E-state index contributed by atoms with van der Waals surface area (Å²) in [7, 11) is 0. The molecule has 0 aliphatic carbocycles. The van der Waals surface area contributed by atoms with Crippen LogP contribution in [0.25, 0.3) is 0 Å². The zero-order chi connectivity index (χ0) is 12.1. The highest BCUT2D eigenvalue weighted by Crippen LogP contribution is 2.23. The van der Waals surface area contributed by atoms with Crippen molar-refractivity contribution in [1.29, 1.82) is 0 Å². The third-order valence-corrected chi connectivity index (χ3v) is 3.73. The first kappa shape index (κ1) is 12.8. The van der Waals surface area contributed by atoms with Crippen LogP contribution < -0.4 is 10.2 Å². The Balaban J connectivity index is 1.82. The summed E-state index contributed by atoms with van der Waals surface area (Å²) in [4.78, 5) is 8.10. The molecule has 0 aromatic carbocycles. The van der Waals surface area contributed by atoms with Crippen molar-refractivity contribution in [3.8, 4) is 0 Å². The minimum atomic E-state index is 0.696. The summed E-state index contributed by atoms with van der Waals surface area (Å²) in [6, 6.07) is 0. The molecule has 1 aliphatic rings. The van der Waals surface area contributed by atoms with E-state index >= 15 is 0 Å². The summed E-state index contributed by atoms with van der Waals surface area (Å²) in [6.45, 7) is 10.0. The highest BCUT2D eigenvalue weighted by molar-refractivity contribution is 7.15. The zero-order valence-electron chi connectivity index (χ0n) is 10.6. The lowest BCUT2D eigenvalue weighted by Crippen LogP contribution is -2.36. The first-order valence-corrected chi connectivity index (χ1v) is 7.05. The molecular weight excluding hydrogens is 234 g/mol. The lowest BCUT2D eigenvalue weighted by atomic mass is 10.2. The molecule has 1 saturated heterocycles. The Morgan fingerprint density at radius 3 is 2.94 bits per heavy atom. The van der Waals surface area contributed by atoms with E-state index in [1.165, 1.54) is 4.88 Å². The Labute approximate surface area is 107 Å². The highest BCUT2D eigenvalue weighted by atomic mass is 32.1. The van der Waals surface area contributed by atoms with Crippen LogP contribution in [0.2, 0.25) is 0 Å². The molecule has 2 heterocycles. The van der Waals surface area contributed by atoms with E-state index in [0.717, 1.165) is 44.5 Å². The van der Waals surface area contributed by atoms with Crippen LogP contribution in [-0.4, -0.2) is 37.8 Å². The van der Waals surface area contributed by atoms with E-state index in [1.54, 1.807) is 11.3 Å². The van der Waals surface area contributed by atoms with Gasteiger partial charge in [0.25, 0.3) is 0 Å². The first-order valence-electron chi connectivity index (χ1n) is 6.24. The van der Waals surface area contributed by atoms with E-state index < -0.39 is 0 Å². The van der Waals surface area contributed by atoms with Crippen LogP contribution in [-0.2, 0) is 11.3 Å². The van der Waals surface area contributed by atoms with Gasteiger partial charge in [0.05, 0.1) is 13.2 Å². The van der Waals surface area contributed by atoms with Crippen molar-refractivity contribution < 1.29 is 4.74 Å². The van der Waals surface area contributed by atoms with Gasteiger partial charge >= 0.3 is 0 Å². The van der Waals surface area contributed by atoms with Gasteiger partial charge < -0.3 is 15.0 Å². The predicted molar refractivity (Wildman–Crippen MR) is 71.7 cm³/mol. The van der Waals surface area contributed by atoms with Gasteiger partial charge in [-0.3, -0.25) is 0 Å². The van der Waals surface area contributed by atoms with Crippen LogP contribution >= 0.6 is 11.3 Å². The zero-order valence-corrected chi connectivity index (χ0v) is 11.4. The van der Waals surface area contributed by atoms with E-state index in [2.05, 4.69) is 29.0 Å². The second-order valence-electron chi connectivity index (χ2n) is 4.73. The van der Waals surface area contributed by atoms with Crippen molar-refractivity contribution in [2.45, 2.75) is 20.4 Å². The smallest absolute Gasteiger partial charge is 0.185 e. The maximum absolute atomic E-state index is 5.34. The molecule has 0 unspecified atom stereocenters. The number of morpholine rings is 1. The Bertz CT molecular complexity index is 334. The van der Waals surface area contributed by atoms with Gasteiger partial charge in [-0.25, -0.2) is 4.98 Å². The Kier molecular flexibility index (Phi) is 4.76. The van der Waals surface area contributed by atoms with Crippen LogP contribution in [0.15, 0.2) is 6.20 Å². The maximum Gasteiger partial charge on any atom is 0.185 e. The number of nitrogens with zero attached hydrogens (tertiary/aromatic N) is 2. The molecule has 0 saturated carbocycles. The number of hydrogen-bond donors (Lipinski definition) is 1. The standard InChI is InChI=1S/C12H21N3OS/c1-10(2)7-13-8-11-9-14-12(17-11)15-3-5-16-6-4-15/h9-10,13H,3-8H2,1-2H3. The number of aromatic nitrogens is 1. The van der Waals surface area contributed by atoms with Crippen LogP contribution in [0.3, 0.4) is 0 Å². The molecule has 1 fully saturated rings. The van der Waals surface area contributed by atoms with Crippen LogP contribution in [0.5, 0.6) is 0 Å². The Morgan fingerprint density at radius 2 is 2.24 bits per heavy atom. The lowest BCUT2D eigenvalue weighted by Gasteiger charge is -2.25. The molecule has 1 N–H and O–H groups in total. The maximum atomic E-state index is 5.34. The molecule has 96 valence electrons. The third-order valence-electron chi connectivity index (χ3n) is 2.67. The number of hydrogen-bond acceptors (Lipinski definition) is 5. The Hall–Kier alpha value is -0.650. The first-order chi connectivity index (χ1) is 8.25. The monoisotopic (exact) mass is 255 g/mol. The molecule has 1 aromatic rings. The number of nitrogens with one attached hydrogen (secondary N) is 1. The van der Waals surface area contributed by atoms with Crippen molar-refractivity contribution in [2.75, 3.05) is 37.7 Å². The molecule has 17 heavy (non-hydrogen) atoms. The average Bonchev–Trinajstić information content (AvgIpc) is 2.78. The van der Waals surface area contributed by atoms with Crippen molar-refractivity contribution in [3.05, 3.63) is 11.1 Å². The summed E-state index contributed by atoms with van der Waals surface area (Å²) in [5, 5.41) is 4.58. The third kappa shape index (κ3) is 3.94. The van der Waals surface area contributed by atoms with Gasteiger partial charge in [0.2, 0.25) is 0 Å². The van der Waals surface area contributed by atoms with Gasteiger partial charge in [0, 0.05) is 30.7 Å². The number of thiazole rings is 1. The summed E-state index contributed by atoms with van der Waals surface area (Å²) in [6.07, 6.45) is 1.99. The second kappa shape index (κ2) is 6.33. The molecule has 5 heteroatoms. The van der Waals surface area contributed by atoms with E-state index in [9.17, 15) is 0 Å². The molecule has 4 nitrogen and oxygen atoms in total. The summed E-state index contributed by atoms with van der Waals surface area (Å²) in [5.41, 5.74) is 0. The van der Waals surface area contributed by atoms with E-state index in [1.807, 2.05) is 6.20 Å². The molecule has 1 aromatic heterocycles. The number of anilines is 1. The highest BCUT2D eigenvalue weighted by Gasteiger charge is 2.14. The second-order valence-corrected chi connectivity index (χ2v) is 5.83. The van der Waals surface area contributed by atoms with Gasteiger partial charge in [-0.2, -0.15) is 0 Å². The minimum absolute atomic E-state index is 0.696. The van der Waals surface area contributed by atoms with E-state index in [0.29, 0.717) is 5.92 Å². The fourth-order valence-electron chi connectivity index (χ4n) is 1.76. The average molecular weight is 255 g/mol. The molecule has 1 aliphatic heterocycles. The SMILES string of the molecule is CC(C)CNCc1cnc(N2CCOCC2)s1. The van der Waals surface area contributed by atoms with Crippen LogP contribution in [0.1, 0.15) is 18.7 Å². The number of rotatable bonds is 5. The molecule has 0 radical (unpaired) electrons. The molecule has 0 spiro atoms. The largest absolute Gasteiger partial charge is 0.378 e. The van der Waals surface area contributed by atoms with Crippen molar-refractivity contribution >= 4 is 16.5 Å². The van der Waals surface area contributed by atoms with Gasteiger partial charge in [-0.05, 0) is 12.5 Å².